The van der Waals surface area contributed by atoms with Crippen molar-refractivity contribution in [3.63, 3.8) is 0 Å². The number of nitrogens with two attached hydrogens (primary N) is 1. The molecule has 0 aliphatic carbocycles. The maximum absolute atomic E-state index is 13.5. The first-order valence-electron chi connectivity index (χ1n) is 5.93. The number of halogens is 3. The van der Waals surface area contributed by atoms with Crippen LogP contribution < -0.4 is 5.73 Å². The summed E-state index contributed by atoms with van der Waals surface area (Å²) in [6.07, 6.45) is 4.15. The number of benzene rings is 1. The third-order valence-electron chi connectivity index (χ3n) is 2.93. The molecule has 1 heterocycles. The monoisotopic (exact) mass is 329 g/mol. The van der Waals surface area contributed by atoms with Gasteiger partial charge in [0, 0.05) is 18.8 Å². The van der Waals surface area contributed by atoms with Crippen LogP contribution in [0.4, 0.5) is 8.78 Å². The molecule has 19 heavy (non-hydrogen) atoms. The summed E-state index contributed by atoms with van der Waals surface area (Å²) < 4.78 is 28.4. The second-order valence-electron chi connectivity index (χ2n) is 4.28. The van der Waals surface area contributed by atoms with Crippen molar-refractivity contribution in [1.29, 1.82) is 0 Å². The molecule has 0 saturated carbocycles. The van der Waals surface area contributed by atoms with Crippen molar-refractivity contribution in [2.24, 2.45) is 5.73 Å². The number of hydrogen-bond donors (Lipinski definition) is 1. The number of aryl methyl sites for hydroxylation is 1. The lowest BCUT2D eigenvalue weighted by Gasteiger charge is -2.13. The van der Waals surface area contributed by atoms with Crippen LogP contribution in [0.1, 0.15) is 24.1 Å². The summed E-state index contributed by atoms with van der Waals surface area (Å²) in [5.74, 6) is -1.79. The summed E-state index contributed by atoms with van der Waals surface area (Å²) in [6, 6.07) is 2.17. The van der Waals surface area contributed by atoms with Crippen LogP contribution in [0.25, 0.3) is 0 Å². The molecule has 2 aromatic rings. The van der Waals surface area contributed by atoms with Gasteiger partial charge in [-0.25, -0.2) is 8.78 Å². The average molecular weight is 330 g/mol. The first-order chi connectivity index (χ1) is 9.02. The highest BCUT2D eigenvalue weighted by molar-refractivity contribution is 9.10. The smallest absolute Gasteiger partial charge is 0.173 e. The van der Waals surface area contributed by atoms with Crippen LogP contribution in [0.3, 0.4) is 0 Å². The SMILES string of the molecule is CCn1cc(CC(N)c2ccc(F)c(F)c2Br)cn1. The van der Waals surface area contributed by atoms with Gasteiger partial charge in [-0.2, -0.15) is 5.10 Å². The standard InChI is InChI=1S/C13H14BrF2N3/c1-2-19-7-8(6-18-19)5-11(17)9-3-4-10(15)13(16)12(9)14/h3-4,6-7,11H,2,5,17H2,1H3. The van der Waals surface area contributed by atoms with Gasteiger partial charge in [-0.1, -0.05) is 6.07 Å². The van der Waals surface area contributed by atoms with E-state index >= 15 is 0 Å². The molecule has 2 N–H and O–H groups in total. The molecule has 0 aliphatic rings. The van der Waals surface area contributed by atoms with Crippen LogP contribution >= 0.6 is 15.9 Å². The minimum atomic E-state index is -0.905. The molecule has 1 aromatic carbocycles. The molecule has 1 aromatic heterocycles. The third-order valence-corrected chi connectivity index (χ3v) is 3.74. The highest BCUT2D eigenvalue weighted by atomic mass is 79.9. The van der Waals surface area contributed by atoms with Crippen LogP contribution in [0.5, 0.6) is 0 Å². The highest BCUT2D eigenvalue weighted by Gasteiger charge is 2.17. The highest BCUT2D eigenvalue weighted by Crippen LogP contribution is 2.28. The molecule has 2 rings (SSSR count). The van der Waals surface area contributed by atoms with E-state index in [1.807, 2.05) is 13.1 Å². The molecule has 1 unspecified atom stereocenters. The lowest BCUT2D eigenvalue weighted by molar-refractivity contribution is 0.500. The van der Waals surface area contributed by atoms with E-state index in [-0.39, 0.29) is 4.47 Å². The van der Waals surface area contributed by atoms with E-state index in [0.29, 0.717) is 12.0 Å². The van der Waals surface area contributed by atoms with Crippen LogP contribution in [0, 0.1) is 11.6 Å². The first-order valence-corrected chi connectivity index (χ1v) is 6.72. The number of hydrogen-bond acceptors (Lipinski definition) is 2. The van der Waals surface area contributed by atoms with Gasteiger partial charge in [-0.15, -0.1) is 0 Å². The van der Waals surface area contributed by atoms with Gasteiger partial charge in [-0.3, -0.25) is 4.68 Å². The van der Waals surface area contributed by atoms with E-state index in [2.05, 4.69) is 21.0 Å². The van der Waals surface area contributed by atoms with Crippen molar-refractivity contribution >= 4 is 15.9 Å². The molecular formula is C13H14BrF2N3. The molecule has 3 nitrogen and oxygen atoms in total. The fourth-order valence-electron chi connectivity index (χ4n) is 1.88. The fraction of sp³-hybridized carbons (Fsp3) is 0.308. The summed E-state index contributed by atoms with van der Waals surface area (Å²) in [6.45, 7) is 2.77. The van der Waals surface area contributed by atoms with E-state index in [1.54, 1.807) is 10.9 Å². The Hall–Kier alpha value is -1.27. The Bertz CT molecular complexity index is 583. The zero-order valence-electron chi connectivity index (χ0n) is 10.4. The Balaban J connectivity index is 2.20. The summed E-state index contributed by atoms with van der Waals surface area (Å²) >= 11 is 3.05. The zero-order valence-corrected chi connectivity index (χ0v) is 12.0. The van der Waals surface area contributed by atoms with Crippen LogP contribution in [0.15, 0.2) is 29.0 Å². The molecule has 0 bridgehead atoms. The van der Waals surface area contributed by atoms with E-state index < -0.39 is 17.7 Å². The number of rotatable bonds is 4. The molecule has 102 valence electrons. The van der Waals surface area contributed by atoms with Gasteiger partial charge in [-0.05, 0) is 46.5 Å². The van der Waals surface area contributed by atoms with E-state index in [1.165, 1.54) is 6.07 Å². The van der Waals surface area contributed by atoms with Crippen molar-refractivity contribution in [3.05, 3.63) is 51.8 Å². The molecule has 6 heteroatoms. The topological polar surface area (TPSA) is 43.8 Å². The minimum absolute atomic E-state index is 0.0860. The van der Waals surface area contributed by atoms with E-state index in [0.717, 1.165) is 18.2 Å². The van der Waals surface area contributed by atoms with Crippen molar-refractivity contribution in [3.8, 4) is 0 Å². The molecule has 0 saturated heterocycles. The summed E-state index contributed by atoms with van der Waals surface area (Å²) in [4.78, 5) is 0. The van der Waals surface area contributed by atoms with Gasteiger partial charge in [0.1, 0.15) is 0 Å². The molecular weight excluding hydrogens is 316 g/mol. The zero-order chi connectivity index (χ0) is 14.0. The Morgan fingerprint density at radius 2 is 2.16 bits per heavy atom. The largest absolute Gasteiger partial charge is 0.324 e. The Morgan fingerprint density at radius 1 is 1.42 bits per heavy atom. The summed E-state index contributed by atoms with van der Waals surface area (Å²) in [5, 5.41) is 4.15. The minimum Gasteiger partial charge on any atom is -0.324 e. The predicted octanol–water partition coefficient (Wildman–Crippen LogP) is 3.19. The van der Waals surface area contributed by atoms with E-state index in [4.69, 9.17) is 5.73 Å². The summed E-state index contributed by atoms with van der Waals surface area (Å²) in [7, 11) is 0. The first kappa shape index (κ1) is 14.1. The lowest BCUT2D eigenvalue weighted by atomic mass is 10.0. The molecule has 0 fully saturated rings. The Morgan fingerprint density at radius 3 is 2.79 bits per heavy atom. The van der Waals surface area contributed by atoms with E-state index in [9.17, 15) is 8.78 Å². The van der Waals surface area contributed by atoms with Crippen molar-refractivity contribution in [1.82, 2.24) is 9.78 Å². The average Bonchev–Trinajstić information content (AvgIpc) is 2.83. The van der Waals surface area contributed by atoms with Crippen molar-refractivity contribution in [2.45, 2.75) is 25.9 Å². The lowest BCUT2D eigenvalue weighted by Crippen LogP contribution is -2.14. The quantitative estimate of drug-likeness (QED) is 0.875. The fourth-order valence-corrected chi connectivity index (χ4v) is 2.49. The second kappa shape index (κ2) is 5.79. The van der Waals surface area contributed by atoms with Gasteiger partial charge < -0.3 is 5.73 Å². The Labute approximate surface area is 118 Å². The number of nitrogens with zero attached hydrogens (tertiary/aromatic N) is 2. The summed E-state index contributed by atoms with van der Waals surface area (Å²) in [5.41, 5.74) is 7.55. The van der Waals surface area contributed by atoms with Gasteiger partial charge in [0.15, 0.2) is 11.6 Å². The number of aromatic nitrogens is 2. The molecule has 0 spiro atoms. The van der Waals surface area contributed by atoms with Gasteiger partial charge in [0.25, 0.3) is 0 Å². The van der Waals surface area contributed by atoms with Crippen LogP contribution in [0.2, 0.25) is 0 Å². The normalized spacial score (nSPS) is 12.7. The van der Waals surface area contributed by atoms with Gasteiger partial charge in [0.2, 0.25) is 0 Å². The molecule has 0 radical (unpaired) electrons. The molecule has 0 amide bonds. The molecule has 1 atom stereocenters. The maximum atomic E-state index is 13.5. The van der Waals surface area contributed by atoms with Crippen LogP contribution in [-0.2, 0) is 13.0 Å². The van der Waals surface area contributed by atoms with Gasteiger partial charge in [0.05, 0.1) is 10.7 Å². The third kappa shape index (κ3) is 3.01. The van der Waals surface area contributed by atoms with Crippen LogP contribution in [-0.4, -0.2) is 9.78 Å². The predicted molar refractivity (Wildman–Crippen MR) is 72.6 cm³/mol. The maximum Gasteiger partial charge on any atom is 0.173 e. The molecule has 0 aliphatic heterocycles. The second-order valence-corrected chi connectivity index (χ2v) is 5.07. The van der Waals surface area contributed by atoms with Crippen molar-refractivity contribution in [2.75, 3.05) is 0 Å². The Kier molecular flexibility index (Phi) is 4.31. The van der Waals surface area contributed by atoms with Crippen molar-refractivity contribution < 1.29 is 8.78 Å². The van der Waals surface area contributed by atoms with Gasteiger partial charge >= 0.3 is 0 Å².